The number of alkyl halides is 1. The Morgan fingerprint density at radius 2 is 2.31 bits per heavy atom. The molecule has 1 aromatic heterocycles. The maximum atomic E-state index is 13.1. The van der Waals surface area contributed by atoms with Crippen LogP contribution in [0.15, 0.2) is 18.5 Å². The predicted octanol–water partition coefficient (Wildman–Crippen LogP) is 2.13. The standard InChI is InChI=1S/C9H10F2N2/c10-7-5-12-4-1-8(7)13-6-9(11)2-3-9/h1,4-5H,2-3,6H2,(H,12,13). The van der Waals surface area contributed by atoms with Gasteiger partial charge >= 0.3 is 0 Å². The lowest BCUT2D eigenvalue weighted by atomic mass is 10.3. The lowest BCUT2D eigenvalue weighted by Crippen LogP contribution is -2.16. The van der Waals surface area contributed by atoms with Gasteiger partial charge in [0.15, 0.2) is 5.82 Å². The second-order valence-electron chi connectivity index (χ2n) is 3.36. The summed E-state index contributed by atoms with van der Waals surface area (Å²) in [6, 6.07) is 1.50. The second-order valence-corrected chi connectivity index (χ2v) is 3.36. The van der Waals surface area contributed by atoms with E-state index in [1.165, 1.54) is 12.3 Å². The molecule has 1 heterocycles. The number of nitrogens with zero attached hydrogens (tertiary/aromatic N) is 1. The number of hydrogen-bond acceptors (Lipinski definition) is 2. The van der Waals surface area contributed by atoms with Gasteiger partial charge in [0.2, 0.25) is 0 Å². The minimum atomic E-state index is -1.10. The minimum Gasteiger partial charge on any atom is -0.379 e. The van der Waals surface area contributed by atoms with Crippen LogP contribution in [0.3, 0.4) is 0 Å². The lowest BCUT2D eigenvalue weighted by Gasteiger charge is -2.08. The van der Waals surface area contributed by atoms with Gasteiger partial charge in [0.25, 0.3) is 0 Å². The topological polar surface area (TPSA) is 24.9 Å². The summed E-state index contributed by atoms with van der Waals surface area (Å²) in [5, 5.41) is 2.73. The van der Waals surface area contributed by atoms with Crippen molar-refractivity contribution in [2.45, 2.75) is 18.5 Å². The first-order valence-corrected chi connectivity index (χ1v) is 4.22. The molecule has 1 aromatic rings. The van der Waals surface area contributed by atoms with Gasteiger partial charge in [0.1, 0.15) is 5.67 Å². The SMILES string of the molecule is Fc1cnccc1NCC1(F)CC1. The van der Waals surface area contributed by atoms with Crippen molar-refractivity contribution in [3.63, 3.8) is 0 Å². The Balaban J connectivity index is 1.97. The molecule has 70 valence electrons. The molecular formula is C9H10F2N2. The monoisotopic (exact) mass is 184 g/mol. The summed E-state index contributed by atoms with van der Waals surface area (Å²) in [5.74, 6) is -0.438. The Hall–Kier alpha value is -1.19. The molecule has 1 aliphatic carbocycles. The van der Waals surface area contributed by atoms with Gasteiger partial charge < -0.3 is 5.32 Å². The molecule has 0 bridgehead atoms. The fraction of sp³-hybridized carbons (Fsp3) is 0.444. The molecule has 0 radical (unpaired) electrons. The predicted molar refractivity (Wildman–Crippen MR) is 45.8 cm³/mol. The highest BCUT2D eigenvalue weighted by Gasteiger charge is 2.42. The average Bonchev–Trinajstić information content (AvgIpc) is 2.83. The maximum Gasteiger partial charge on any atom is 0.164 e. The van der Waals surface area contributed by atoms with E-state index in [0.29, 0.717) is 18.5 Å². The number of halogens is 2. The average molecular weight is 184 g/mol. The van der Waals surface area contributed by atoms with Gasteiger partial charge in [0, 0.05) is 12.7 Å². The third kappa shape index (κ3) is 1.94. The van der Waals surface area contributed by atoms with E-state index in [1.807, 2.05) is 0 Å². The van der Waals surface area contributed by atoms with E-state index in [2.05, 4.69) is 10.3 Å². The summed E-state index contributed by atoms with van der Waals surface area (Å²) >= 11 is 0. The van der Waals surface area contributed by atoms with Crippen LogP contribution in [0, 0.1) is 5.82 Å². The van der Waals surface area contributed by atoms with E-state index in [4.69, 9.17) is 0 Å². The molecule has 0 aromatic carbocycles. The molecule has 0 atom stereocenters. The molecular weight excluding hydrogens is 174 g/mol. The zero-order chi connectivity index (χ0) is 9.31. The lowest BCUT2D eigenvalue weighted by molar-refractivity contribution is 0.326. The number of anilines is 1. The van der Waals surface area contributed by atoms with Crippen molar-refractivity contribution < 1.29 is 8.78 Å². The molecule has 0 saturated heterocycles. The quantitative estimate of drug-likeness (QED) is 0.778. The maximum absolute atomic E-state index is 13.1. The third-order valence-electron chi connectivity index (χ3n) is 2.16. The molecule has 2 rings (SSSR count). The number of pyridine rings is 1. The summed E-state index contributed by atoms with van der Waals surface area (Å²) in [5.41, 5.74) is -0.783. The second kappa shape index (κ2) is 2.94. The minimum absolute atomic E-state index is 0.188. The van der Waals surface area contributed by atoms with E-state index in [1.54, 1.807) is 0 Å². The number of hydrogen-bond donors (Lipinski definition) is 1. The van der Waals surface area contributed by atoms with E-state index < -0.39 is 11.5 Å². The van der Waals surface area contributed by atoms with Crippen LogP contribution in [0.2, 0.25) is 0 Å². The first-order valence-electron chi connectivity index (χ1n) is 4.22. The van der Waals surface area contributed by atoms with Crippen LogP contribution in [0.25, 0.3) is 0 Å². The van der Waals surface area contributed by atoms with E-state index in [-0.39, 0.29) is 6.54 Å². The van der Waals surface area contributed by atoms with Crippen LogP contribution >= 0.6 is 0 Å². The molecule has 0 spiro atoms. The van der Waals surface area contributed by atoms with Gasteiger partial charge in [-0.05, 0) is 18.9 Å². The van der Waals surface area contributed by atoms with Gasteiger partial charge in [-0.2, -0.15) is 0 Å². The molecule has 0 aliphatic heterocycles. The molecule has 1 saturated carbocycles. The van der Waals surface area contributed by atoms with Crippen LogP contribution < -0.4 is 5.32 Å². The van der Waals surface area contributed by atoms with Crippen molar-refractivity contribution in [3.05, 3.63) is 24.3 Å². The van der Waals surface area contributed by atoms with E-state index >= 15 is 0 Å². The number of rotatable bonds is 3. The summed E-state index contributed by atoms with van der Waals surface area (Å²) in [7, 11) is 0. The fourth-order valence-corrected chi connectivity index (χ4v) is 1.08. The molecule has 2 nitrogen and oxygen atoms in total. The summed E-state index contributed by atoms with van der Waals surface area (Å²) in [4.78, 5) is 3.60. The number of aromatic nitrogens is 1. The van der Waals surface area contributed by atoms with Crippen LogP contribution in [0.4, 0.5) is 14.5 Å². The zero-order valence-electron chi connectivity index (χ0n) is 7.06. The van der Waals surface area contributed by atoms with E-state index in [0.717, 1.165) is 6.20 Å². The van der Waals surface area contributed by atoms with Crippen molar-refractivity contribution in [2.75, 3.05) is 11.9 Å². The molecule has 4 heteroatoms. The van der Waals surface area contributed by atoms with Crippen LogP contribution in [0.1, 0.15) is 12.8 Å². The molecule has 13 heavy (non-hydrogen) atoms. The summed E-state index contributed by atoms with van der Waals surface area (Å²) in [6.45, 7) is 0.188. The first-order chi connectivity index (χ1) is 6.20. The van der Waals surface area contributed by atoms with Gasteiger partial charge in [-0.3, -0.25) is 4.98 Å². The van der Waals surface area contributed by atoms with Crippen molar-refractivity contribution in [1.82, 2.24) is 4.98 Å². The highest BCUT2D eigenvalue weighted by molar-refractivity contribution is 5.43. The number of nitrogens with one attached hydrogen (secondary N) is 1. The van der Waals surface area contributed by atoms with Crippen LogP contribution in [-0.2, 0) is 0 Å². The molecule has 1 N–H and O–H groups in total. The van der Waals surface area contributed by atoms with Gasteiger partial charge in [-0.15, -0.1) is 0 Å². The first kappa shape index (κ1) is 8.41. The smallest absolute Gasteiger partial charge is 0.164 e. The molecule has 1 aliphatic rings. The molecule has 0 amide bonds. The zero-order valence-corrected chi connectivity index (χ0v) is 7.06. The largest absolute Gasteiger partial charge is 0.379 e. The Morgan fingerprint density at radius 1 is 1.54 bits per heavy atom. The van der Waals surface area contributed by atoms with Crippen molar-refractivity contribution in [2.24, 2.45) is 0 Å². The normalized spacial score (nSPS) is 18.3. The van der Waals surface area contributed by atoms with Gasteiger partial charge in [-0.1, -0.05) is 0 Å². The van der Waals surface area contributed by atoms with Crippen LogP contribution in [0.5, 0.6) is 0 Å². The fourth-order valence-electron chi connectivity index (χ4n) is 1.08. The third-order valence-corrected chi connectivity index (χ3v) is 2.16. The Labute approximate surface area is 75.0 Å². The Bertz CT molecular complexity index is 310. The molecule has 0 unspecified atom stereocenters. The molecule has 1 fully saturated rings. The van der Waals surface area contributed by atoms with E-state index in [9.17, 15) is 8.78 Å². The van der Waals surface area contributed by atoms with Gasteiger partial charge in [0.05, 0.1) is 11.9 Å². The summed E-state index contributed by atoms with van der Waals surface area (Å²) < 4.78 is 26.1. The van der Waals surface area contributed by atoms with Crippen molar-refractivity contribution in [1.29, 1.82) is 0 Å². The van der Waals surface area contributed by atoms with Crippen molar-refractivity contribution in [3.8, 4) is 0 Å². The van der Waals surface area contributed by atoms with Crippen LogP contribution in [-0.4, -0.2) is 17.2 Å². The van der Waals surface area contributed by atoms with Crippen molar-refractivity contribution >= 4 is 5.69 Å². The highest BCUT2D eigenvalue weighted by atomic mass is 19.1. The Morgan fingerprint density at radius 3 is 2.92 bits per heavy atom. The Kier molecular flexibility index (Phi) is 1.90. The highest BCUT2D eigenvalue weighted by Crippen LogP contribution is 2.39. The van der Waals surface area contributed by atoms with Gasteiger partial charge in [-0.25, -0.2) is 8.78 Å². The summed E-state index contributed by atoms with van der Waals surface area (Å²) in [6.07, 6.45) is 3.74.